The average molecular weight is 375 g/mol. The Balaban J connectivity index is 1.55. The third kappa shape index (κ3) is 3.28. The van der Waals surface area contributed by atoms with Crippen molar-refractivity contribution in [1.82, 2.24) is 4.98 Å². The summed E-state index contributed by atoms with van der Waals surface area (Å²) in [4.78, 5) is 5.02. The fraction of sp³-hybridized carbons (Fsp3) is 0.400. The lowest BCUT2D eigenvalue weighted by molar-refractivity contribution is 0.161. The van der Waals surface area contributed by atoms with Crippen LogP contribution >= 0.6 is 0 Å². The van der Waals surface area contributed by atoms with Crippen molar-refractivity contribution in [1.29, 1.82) is 0 Å². The molecule has 0 amide bonds. The molecule has 0 bridgehead atoms. The summed E-state index contributed by atoms with van der Waals surface area (Å²) in [6.45, 7) is 0.630. The number of aromatic nitrogens is 1. The molecule has 0 saturated heterocycles. The molecule has 144 valence electrons. The minimum Gasteiger partial charge on any atom is -0.380 e. The van der Waals surface area contributed by atoms with Crippen LogP contribution in [0.5, 0.6) is 0 Å². The third-order valence-corrected chi connectivity index (χ3v) is 6.80. The van der Waals surface area contributed by atoms with Gasteiger partial charge < -0.3 is 5.32 Å². The first-order chi connectivity index (χ1) is 13.7. The van der Waals surface area contributed by atoms with E-state index in [0.717, 1.165) is 23.9 Å². The highest BCUT2D eigenvalue weighted by atomic mass is 19.1. The van der Waals surface area contributed by atoms with E-state index in [1.165, 1.54) is 66.9 Å². The van der Waals surface area contributed by atoms with Crippen LogP contribution in [0.3, 0.4) is 0 Å². The van der Waals surface area contributed by atoms with E-state index in [1.807, 2.05) is 6.07 Å². The summed E-state index contributed by atoms with van der Waals surface area (Å²) in [6, 6.07) is 15.3. The van der Waals surface area contributed by atoms with Gasteiger partial charge in [0.05, 0.1) is 5.52 Å². The first-order valence-corrected chi connectivity index (χ1v) is 10.6. The molecular formula is C25H27FN2. The van der Waals surface area contributed by atoms with Gasteiger partial charge in [-0.2, -0.15) is 0 Å². The first kappa shape index (κ1) is 17.7. The van der Waals surface area contributed by atoms with Gasteiger partial charge in [0.1, 0.15) is 5.82 Å². The molecule has 0 unspecified atom stereocenters. The summed E-state index contributed by atoms with van der Waals surface area (Å²) in [7, 11) is 0. The molecule has 2 aliphatic carbocycles. The average Bonchev–Trinajstić information content (AvgIpc) is 2.72. The van der Waals surface area contributed by atoms with Crippen molar-refractivity contribution in [2.75, 3.05) is 5.32 Å². The van der Waals surface area contributed by atoms with Crippen LogP contribution in [0.4, 0.5) is 10.1 Å². The Bertz CT molecular complexity index is 1000. The molecule has 0 radical (unpaired) electrons. The van der Waals surface area contributed by atoms with Crippen molar-refractivity contribution in [3.63, 3.8) is 0 Å². The van der Waals surface area contributed by atoms with Crippen LogP contribution in [-0.2, 0) is 19.4 Å². The summed E-state index contributed by atoms with van der Waals surface area (Å²) in [6.07, 6.45) is 10.3. The number of rotatable bonds is 3. The molecule has 1 N–H and O–H groups in total. The zero-order chi connectivity index (χ0) is 19.0. The smallest absolute Gasteiger partial charge is 0.123 e. The zero-order valence-electron chi connectivity index (χ0n) is 16.3. The normalized spacial score (nSPS) is 18.2. The third-order valence-electron chi connectivity index (χ3n) is 6.80. The minimum atomic E-state index is -0.179. The van der Waals surface area contributed by atoms with Crippen molar-refractivity contribution >= 4 is 16.6 Å². The molecule has 1 saturated carbocycles. The number of para-hydroxylation sites is 1. The van der Waals surface area contributed by atoms with E-state index in [0.29, 0.717) is 12.0 Å². The molecule has 2 aliphatic rings. The maximum atomic E-state index is 13.6. The Labute approximate surface area is 166 Å². The molecule has 3 aromatic rings. The molecule has 1 fully saturated rings. The second-order valence-electron chi connectivity index (χ2n) is 8.65. The highest BCUT2D eigenvalue weighted by molar-refractivity contribution is 5.93. The van der Waals surface area contributed by atoms with Gasteiger partial charge in [0.25, 0.3) is 0 Å². The van der Waals surface area contributed by atoms with Gasteiger partial charge in [0, 0.05) is 23.3 Å². The van der Waals surface area contributed by atoms with E-state index < -0.39 is 0 Å². The fourth-order valence-electron chi connectivity index (χ4n) is 5.31. The summed E-state index contributed by atoms with van der Waals surface area (Å²) < 4.78 is 13.6. The minimum absolute atomic E-state index is 0.179. The Hall–Kier alpha value is -2.42. The quantitative estimate of drug-likeness (QED) is 0.572. The number of benzene rings is 2. The number of nitrogens with zero attached hydrogens (tertiary/aromatic N) is 1. The van der Waals surface area contributed by atoms with Gasteiger partial charge >= 0.3 is 0 Å². The van der Waals surface area contributed by atoms with Crippen LogP contribution in [0.1, 0.15) is 55.3 Å². The standard InChI is InChI=1S/C25H27FN2/c26-19-8-6-7-18(15-19)17-27-24-20-9-2-3-10-22(20)28-23-11-14-25(16-21(23)24)12-4-1-5-13-25/h2-3,6-10,15H,1,4-5,11-14,16-17H2,(H,27,28). The molecule has 5 rings (SSSR count). The molecular weight excluding hydrogens is 347 g/mol. The highest BCUT2D eigenvalue weighted by Gasteiger charge is 2.37. The fourth-order valence-corrected chi connectivity index (χ4v) is 5.31. The molecule has 2 aromatic carbocycles. The van der Waals surface area contributed by atoms with Gasteiger partial charge in [-0.05, 0) is 66.8 Å². The van der Waals surface area contributed by atoms with Gasteiger partial charge in [-0.3, -0.25) is 4.98 Å². The van der Waals surface area contributed by atoms with Crippen LogP contribution in [0, 0.1) is 11.2 Å². The number of hydrogen-bond donors (Lipinski definition) is 1. The van der Waals surface area contributed by atoms with E-state index in [2.05, 4.69) is 29.6 Å². The van der Waals surface area contributed by atoms with Crippen LogP contribution < -0.4 is 5.32 Å². The van der Waals surface area contributed by atoms with E-state index in [-0.39, 0.29) is 5.82 Å². The first-order valence-electron chi connectivity index (χ1n) is 10.6. The second-order valence-corrected chi connectivity index (χ2v) is 8.65. The van der Waals surface area contributed by atoms with Gasteiger partial charge in [0.15, 0.2) is 0 Å². The molecule has 1 heterocycles. The van der Waals surface area contributed by atoms with Crippen LogP contribution in [0.25, 0.3) is 10.9 Å². The number of pyridine rings is 1. The predicted molar refractivity (Wildman–Crippen MR) is 113 cm³/mol. The molecule has 28 heavy (non-hydrogen) atoms. The molecule has 0 aliphatic heterocycles. The van der Waals surface area contributed by atoms with Gasteiger partial charge in [-0.15, -0.1) is 0 Å². The van der Waals surface area contributed by atoms with E-state index >= 15 is 0 Å². The number of anilines is 1. The van der Waals surface area contributed by atoms with Crippen molar-refractivity contribution in [3.05, 3.63) is 71.2 Å². The summed E-state index contributed by atoms with van der Waals surface area (Å²) in [5.41, 5.74) is 6.37. The Morgan fingerprint density at radius 1 is 0.964 bits per heavy atom. The lowest BCUT2D eigenvalue weighted by Crippen LogP contribution is -2.32. The van der Waals surface area contributed by atoms with Crippen LogP contribution in [0.2, 0.25) is 0 Å². The number of halogens is 1. The molecule has 1 aromatic heterocycles. The van der Waals surface area contributed by atoms with Gasteiger partial charge in [0.2, 0.25) is 0 Å². The zero-order valence-corrected chi connectivity index (χ0v) is 16.3. The molecule has 2 nitrogen and oxygen atoms in total. The largest absolute Gasteiger partial charge is 0.380 e. The summed E-state index contributed by atoms with van der Waals surface area (Å²) >= 11 is 0. The maximum absolute atomic E-state index is 13.6. The SMILES string of the molecule is Fc1cccc(CNc2c3c(nc4ccccc24)CCC2(CCCCC2)C3)c1. The highest BCUT2D eigenvalue weighted by Crippen LogP contribution is 2.48. The molecule has 3 heteroatoms. The van der Waals surface area contributed by atoms with Gasteiger partial charge in [-0.1, -0.05) is 49.6 Å². The number of hydrogen-bond acceptors (Lipinski definition) is 2. The molecule has 0 atom stereocenters. The number of nitrogens with one attached hydrogen (secondary N) is 1. The van der Waals surface area contributed by atoms with Crippen LogP contribution in [-0.4, -0.2) is 4.98 Å². The topological polar surface area (TPSA) is 24.9 Å². The summed E-state index contributed by atoms with van der Waals surface area (Å²) in [5, 5.41) is 4.86. The Morgan fingerprint density at radius 2 is 1.82 bits per heavy atom. The maximum Gasteiger partial charge on any atom is 0.123 e. The predicted octanol–water partition coefficient (Wildman–Crippen LogP) is 6.43. The van der Waals surface area contributed by atoms with Crippen LogP contribution in [0.15, 0.2) is 48.5 Å². The Morgan fingerprint density at radius 3 is 2.68 bits per heavy atom. The lowest BCUT2D eigenvalue weighted by Gasteiger charge is -2.41. The van der Waals surface area contributed by atoms with Gasteiger partial charge in [-0.25, -0.2) is 4.39 Å². The second kappa shape index (κ2) is 7.20. The van der Waals surface area contributed by atoms with Crippen molar-refractivity contribution in [3.8, 4) is 0 Å². The number of aryl methyl sites for hydroxylation is 1. The van der Waals surface area contributed by atoms with E-state index in [4.69, 9.17) is 4.98 Å². The monoisotopic (exact) mass is 374 g/mol. The lowest BCUT2D eigenvalue weighted by atomic mass is 9.64. The van der Waals surface area contributed by atoms with E-state index in [9.17, 15) is 4.39 Å². The van der Waals surface area contributed by atoms with Crippen molar-refractivity contribution in [2.45, 2.75) is 57.9 Å². The summed E-state index contributed by atoms with van der Waals surface area (Å²) in [5.74, 6) is -0.179. The van der Waals surface area contributed by atoms with E-state index in [1.54, 1.807) is 12.1 Å². The number of fused-ring (bicyclic) bond motifs is 2. The van der Waals surface area contributed by atoms with Crippen molar-refractivity contribution < 1.29 is 4.39 Å². The molecule has 1 spiro atoms. The Kier molecular flexibility index (Phi) is 4.54. The van der Waals surface area contributed by atoms with Crippen molar-refractivity contribution in [2.24, 2.45) is 5.41 Å².